The van der Waals surface area contributed by atoms with Crippen LogP contribution in [0.1, 0.15) is 37.7 Å². The number of ether oxygens (including phenoxy) is 2. The van der Waals surface area contributed by atoms with Gasteiger partial charge in [-0.25, -0.2) is 4.79 Å². The van der Waals surface area contributed by atoms with Gasteiger partial charge < -0.3 is 9.47 Å². The zero-order valence-corrected chi connectivity index (χ0v) is 13.4. The summed E-state index contributed by atoms with van der Waals surface area (Å²) in [6.07, 6.45) is 2.60. The molecule has 3 atom stereocenters. The molecule has 0 spiro atoms. The highest BCUT2D eigenvalue weighted by atomic mass is 19.4. The predicted octanol–water partition coefficient (Wildman–Crippen LogP) is 3.15. The van der Waals surface area contributed by atoms with Crippen LogP contribution in [0.2, 0.25) is 0 Å². The van der Waals surface area contributed by atoms with Crippen molar-refractivity contribution in [3.8, 4) is 18.1 Å². The van der Waals surface area contributed by atoms with Crippen LogP contribution in [0.15, 0.2) is 24.3 Å². The Morgan fingerprint density at radius 1 is 1.40 bits per heavy atom. The molecule has 2 saturated heterocycles. The van der Waals surface area contributed by atoms with Gasteiger partial charge in [-0.3, -0.25) is 5.32 Å². The summed E-state index contributed by atoms with van der Waals surface area (Å²) >= 11 is 0. The van der Waals surface area contributed by atoms with Crippen molar-refractivity contribution in [3.63, 3.8) is 0 Å². The number of halogens is 3. The molecular weight excluding hydrogens is 335 g/mol. The van der Waals surface area contributed by atoms with Gasteiger partial charge in [-0.2, -0.15) is 13.2 Å². The number of nitrogens with one attached hydrogen (secondary N) is 1. The molecule has 2 fully saturated rings. The molecule has 0 aromatic heterocycles. The monoisotopic (exact) mass is 353 g/mol. The maximum absolute atomic E-state index is 12.6. The number of rotatable bonds is 3. The number of alkyl halides is 3. The summed E-state index contributed by atoms with van der Waals surface area (Å²) in [5.74, 6) is 0.891. The van der Waals surface area contributed by atoms with E-state index < -0.39 is 17.9 Å². The molecule has 2 aliphatic rings. The minimum Gasteiger partial charge on any atom is -0.490 e. The van der Waals surface area contributed by atoms with E-state index in [9.17, 15) is 18.0 Å². The van der Waals surface area contributed by atoms with Crippen molar-refractivity contribution in [1.29, 1.82) is 0 Å². The number of benzene rings is 1. The molecule has 0 radical (unpaired) electrons. The highest BCUT2D eigenvalue weighted by molar-refractivity contribution is 5.76. The Labute approximate surface area is 143 Å². The van der Waals surface area contributed by atoms with Crippen molar-refractivity contribution in [2.45, 2.75) is 56.2 Å². The summed E-state index contributed by atoms with van der Waals surface area (Å²) in [6.45, 7) is 0. The first-order valence-electron chi connectivity index (χ1n) is 8.11. The second-order valence-corrected chi connectivity index (χ2v) is 6.47. The molecule has 3 rings (SSSR count). The third kappa shape index (κ3) is 4.07. The molecule has 0 saturated carbocycles. The normalized spacial score (nSPS) is 28.7. The Balaban J connectivity index is 1.74. The maximum atomic E-state index is 12.6. The third-order valence-electron chi connectivity index (χ3n) is 4.53. The average molecular weight is 353 g/mol. The van der Waals surface area contributed by atoms with E-state index in [4.69, 9.17) is 15.9 Å². The van der Waals surface area contributed by atoms with Gasteiger partial charge in [0.05, 0.1) is 0 Å². The van der Waals surface area contributed by atoms with Gasteiger partial charge in [0.2, 0.25) is 0 Å². The topological polar surface area (TPSA) is 47.6 Å². The molecule has 134 valence electrons. The van der Waals surface area contributed by atoms with Crippen LogP contribution in [0, 0.1) is 12.3 Å². The predicted molar refractivity (Wildman–Crippen MR) is 83.7 cm³/mol. The number of piperidine rings is 2. The average Bonchev–Trinajstić information content (AvgIpc) is 2.53. The number of hydrogen-bond acceptors (Lipinski definition) is 4. The molecule has 1 aromatic carbocycles. The molecule has 0 amide bonds. The molecule has 0 aliphatic carbocycles. The zero-order valence-electron chi connectivity index (χ0n) is 13.4. The van der Waals surface area contributed by atoms with Gasteiger partial charge in [0.25, 0.3) is 0 Å². The highest BCUT2D eigenvalue weighted by Crippen LogP contribution is 2.38. The van der Waals surface area contributed by atoms with E-state index in [-0.39, 0.29) is 18.6 Å². The van der Waals surface area contributed by atoms with Gasteiger partial charge in [0, 0.05) is 24.4 Å². The Hall–Kier alpha value is -2.20. The quantitative estimate of drug-likeness (QED) is 0.670. The van der Waals surface area contributed by atoms with Crippen LogP contribution in [-0.2, 0) is 9.53 Å². The minimum atomic E-state index is -5.02. The fourth-order valence-corrected chi connectivity index (χ4v) is 3.56. The smallest absolute Gasteiger partial charge is 0.490 e. The van der Waals surface area contributed by atoms with Crippen molar-refractivity contribution in [2.24, 2.45) is 0 Å². The SMILES string of the molecule is C#Cc1cccc(OC2CC3CCCC(OC(=O)C(F)(F)F)(C2)N3)c1. The van der Waals surface area contributed by atoms with E-state index in [1.165, 1.54) is 0 Å². The van der Waals surface area contributed by atoms with Crippen molar-refractivity contribution < 1.29 is 27.4 Å². The summed E-state index contributed by atoms with van der Waals surface area (Å²) in [5, 5.41) is 3.05. The van der Waals surface area contributed by atoms with Gasteiger partial charge in [0.1, 0.15) is 11.9 Å². The minimum absolute atomic E-state index is 0.0515. The molecule has 4 nitrogen and oxygen atoms in total. The second-order valence-electron chi connectivity index (χ2n) is 6.47. The fourth-order valence-electron chi connectivity index (χ4n) is 3.56. The number of esters is 1. The van der Waals surface area contributed by atoms with Crippen LogP contribution in [-0.4, -0.2) is 30.0 Å². The van der Waals surface area contributed by atoms with E-state index in [2.05, 4.69) is 11.2 Å². The van der Waals surface area contributed by atoms with Crippen LogP contribution >= 0.6 is 0 Å². The Morgan fingerprint density at radius 2 is 2.20 bits per heavy atom. The van der Waals surface area contributed by atoms with Crippen LogP contribution in [0.5, 0.6) is 5.75 Å². The van der Waals surface area contributed by atoms with Crippen LogP contribution < -0.4 is 10.1 Å². The molecule has 7 heteroatoms. The first-order chi connectivity index (χ1) is 11.8. The van der Waals surface area contributed by atoms with E-state index in [1.807, 2.05) is 0 Å². The van der Waals surface area contributed by atoms with E-state index in [0.717, 1.165) is 6.42 Å². The van der Waals surface area contributed by atoms with Crippen molar-refractivity contribution in [2.75, 3.05) is 0 Å². The van der Waals surface area contributed by atoms with Crippen LogP contribution in [0.4, 0.5) is 13.2 Å². The molecule has 2 aliphatic heterocycles. The number of carbonyl (C=O) groups is 1. The molecule has 1 aromatic rings. The van der Waals surface area contributed by atoms with Gasteiger partial charge >= 0.3 is 12.1 Å². The van der Waals surface area contributed by atoms with Gasteiger partial charge in [-0.1, -0.05) is 12.0 Å². The fraction of sp³-hybridized carbons (Fsp3) is 0.500. The van der Waals surface area contributed by atoms with Gasteiger partial charge in [-0.15, -0.1) is 6.42 Å². The van der Waals surface area contributed by atoms with Crippen LogP contribution in [0.25, 0.3) is 0 Å². The third-order valence-corrected chi connectivity index (χ3v) is 4.53. The van der Waals surface area contributed by atoms with E-state index in [1.54, 1.807) is 24.3 Å². The molecular formula is C18H18F3NO3. The first-order valence-corrected chi connectivity index (χ1v) is 8.11. The summed E-state index contributed by atoms with van der Waals surface area (Å²) in [5.41, 5.74) is -0.674. The zero-order chi connectivity index (χ0) is 18.1. The van der Waals surface area contributed by atoms with Crippen molar-refractivity contribution in [1.82, 2.24) is 5.32 Å². The van der Waals surface area contributed by atoms with Gasteiger partial charge in [0.15, 0.2) is 5.72 Å². The lowest BCUT2D eigenvalue weighted by Gasteiger charge is -2.48. The van der Waals surface area contributed by atoms with E-state index in [0.29, 0.717) is 30.6 Å². The largest absolute Gasteiger partial charge is 0.490 e. The molecule has 2 heterocycles. The van der Waals surface area contributed by atoms with Crippen molar-refractivity contribution in [3.05, 3.63) is 29.8 Å². The summed E-state index contributed by atoms with van der Waals surface area (Å²) in [6, 6.07) is 6.91. The maximum Gasteiger partial charge on any atom is 0.490 e. The molecule has 25 heavy (non-hydrogen) atoms. The number of terminal acetylenes is 1. The standard InChI is InChI=1S/C18H18F3NO3/c1-2-12-5-3-7-14(9-12)24-15-10-13-6-4-8-17(11-15,22-13)25-16(23)18(19,20)21/h1,3,5,7,9,13,15,22H,4,6,8,10-11H2. The molecule has 2 bridgehead atoms. The highest BCUT2D eigenvalue weighted by Gasteiger charge is 2.51. The molecule has 3 unspecified atom stereocenters. The lowest BCUT2D eigenvalue weighted by Crippen LogP contribution is -2.63. The van der Waals surface area contributed by atoms with Crippen LogP contribution in [0.3, 0.4) is 0 Å². The Morgan fingerprint density at radius 3 is 2.92 bits per heavy atom. The lowest BCUT2D eigenvalue weighted by molar-refractivity contribution is -0.226. The van der Waals surface area contributed by atoms with E-state index >= 15 is 0 Å². The lowest BCUT2D eigenvalue weighted by atomic mass is 9.82. The first kappa shape index (κ1) is 17.6. The van der Waals surface area contributed by atoms with Gasteiger partial charge in [-0.05, 0) is 37.5 Å². The summed E-state index contributed by atoms with van der Waals surface area (Å²) < 4.78 is 48.6. The molecule has 1 N–H and O–H groups in total. The number of fused-ring (bicyclic) bond motifs is 2. The summed E-state index contributed by atoms with van der Waals surface area (Å²) in [7, 11) is 0. The number of hydrogen-bond donors (Lipinski definition) is 1. The second kappa shape index (κ2) is 6.60. The number of carbonyl (C=O) groups excluding carboxylic acids is 1. The van der Waals surface area contributed by atoms with Crippen molar-refractivity contribution >= 4 is 5.97 Å². The Kier molecular flexibility index (Phi) is 4.65. The Bertz CT molecular complexity index is 698. The summed E-state index contributed by atoms with van der Waals surface area (Å²) in [4.78, 5) is 11.3.